The van der Waals surface area contributed by atoms with Gasteiger partial charge in [-0.2, -0.15) is 4.72 Å². The SMILES string of the molecule is CCOP(=O)(CNS(=O)(=O)c1ccc(Oc2ccccc2)cc1)OCC. The molecule has 7 nitrogen and oxygen atoms in total. The minimum atomic E-state index is -3.86. The maximum atomic E-state index is 12.4. The predicted octanol–water partition coefficient (Wildman–Crippen LogP) is 3.98. The molecule has 0 aromatic heterocycles. The lowest BCUT2D eigenvalue weighted by Crippen LogP contribution is -2.26. The summed E-state index contributed by atoms with van der Waals surface area (Å²) in [5.41, 5.74) is 0. The molecule has 0 bridgehead atoms. The van der Waals surface area contributed by atoms with Gasteiger partial charge in [-0.05, 0) is 50.2 Å². The third kappa shape index (κ3) is 5.93. The van der Waals surface area contributed by atoms with E-state index in [1.807, 2.05) is 18.2 Å². The summed E-state index contributed by atoms with van der Waals surface area (Å²) in [6.07, 6.45) is -0.431. The Hall–Kier alpha value is -1.70. The Bertz CT molecular complexity index is 829. The van der Waals surface area contributed by atoms with E-state index in [1.165, 1.54) is 12.1 Å². The van der Waals surface area contributed by atoms with Gasteiger partial charge in [0.1, 0.15) is 17.8 Å². The number of benzene rings is 2. The van der Waals surface area contributed by atoms with E-state index in [1.54, 1.807) is 38.1 Å². The summed E-state index contributed by atoms with van der Waals surface area (Å²) in [4.78, 5) is 0.0254. The molecule has 0 aliphatic rings. The first-order valence-corrected chi connectivity index (χ1v) is 11.3. The van der Waals surface area contributed by atoms with Gasteiger partial charge in [-0.15, -0.1) is 0 Å². The summed E-state index contributed by atoms with van der Waals surface area (Å²) in [6, 6.07) is 15.1. The predicted molar refractivity (Wildman–Crippen MR) is 99.0 cm³/mol. The average molecular weight is 399 g/mol. The Morgan fingerprint density at radius 3 is 1.96 bits per heavy atom. The van der Waals surface area contributed by atoms with Crippen LogP contribution in [-0.2, 0) is 23.6 Å². The first-order chi connectivity index (χ1) is 12.4. The van der Waals surface area contributed by atoms with Crippen molar-refractivity contribution in [2.75, 3.05) is 19.5 Å². The molecule has 0 saturated heterocycles. The molecule has 2 rings (SSSR count). The van der Waals surface area contributed by atoms with Crippen molar-refractivity contribution in [3.63, 3.8) is 0 Å². The molecule has 0 heterocycles. The third-order valence-electron chi connectivity index (χ3n) is 3.21. The molecule has 0 amide bonds. The van der Waals surface area contributed by atoms with Crippen molar-refractivity contribution in [3.05, 3.63) is 54.6 Å². The van der Waals surface area contributed by atoms with E-state index in [0.29, 0.717) is 11.5 Å². The van der Waals surface area contributed by atoms with Crippen molar-refractivity contribution >= 4 is 17.6 Å². The molecule has 9 heteroatoms. The van der Waals surface area contributed by atoms with Gasteiger partial charge in [0.2, 0.25) is 10.0 Å². The second kappa shape index (κ2) is 9.30. The monoisotopic (exact) mass is 399 g/mol. The van der Waals surface area contributed by atoms with Crippen molar-refractivity contribution in [1.29, 1.82) is 0 Å². The molecule has 0 atom stereocenters. The Morgan fingerprint density at radius 2 is 1.42 bits per heavy atom. The van der Waals surface area contributed by atoms with Crippen LogP contribution in [0.25, 0.3) is 0 Å². The zero-order valence-corrected chi connectivity index (χ0v) is 16.3. The van der Waals surface area contributed by atoms with Crippen LogP contribution in [-0.4, -0.2) is 27.9 Å². The van der Waals surface area contributed by atoms with E-state index in [2.05, 4.69) is 4.72 Å². The molecular formula is C17H22NO6PS. The minimum Gasteiger partial charge on any atom is -0.457 e. The summed E-state index contributed by atoms with van der Waals surface area (Å²) in [6.45, 7) is 3.63. The van der Waals surface area contributed by atoms with Crippen LogP contribution in [0.15, 0.2) is 59.5 Å². The molecule has 0 fully saturated rings. The highest BCUT2D eigenvalue weighted by Crippen LogP contribution is 2.46. The summed E-state index contributed by atoms with van der Waals surface area (Å²) in [5.74, 6) is 1.15. The van der Waals surface area contributed by atoms with Gasteiger partial charge >= 0.3 is 7.60 Å². The standard InChI is InChI=1S/C17H22NO6PS/c1-3-22-25(19,23-4-2)14-18-26(20,21)17-12-10-16(11-13-17)24-15-8-6-5-7-9-15/h5-13,18H,3-4,14H2,1-2H3. The molecule has 0 aliphatic heterocycles. The molecule has 0 spiro atoms. The first kappa shape index (κ1) is 20.6. The van der Waals surface area contributed by atoms with Gasteiger partial charge in [0.25, 0.3) is 0 Å². The lowest BCUT2D eigenvalue weighted by atomic mass is 10.3. The van der Waals surface area contributed by atoms with E-state index in [0.717, 1.165) is 0 Å². The molecule has 0 aliphatic carbocycles. The fourth-order valence-electron chi connectivity index (χ4n) is 2.08. The first-order valence-electron chi connectivity index (χ1n) is 8.09. The van der Waals surface area contributed by atoms with Crippen molar-refractivity contribution < 1.29 is 26.8 Å². The maximum Gasteiger partial charge on any atom is 0.345 e. The van der Waals surface area contributed by atoms with Gasteiger partial charge in [-0.3, -0.25) is 4.57 Å². The lowest BCUT2D eigenvalue weighted by Gasteiger charge is -2.17. The summed E-state index contributed by atoms with van der Waals surface area (Å²) in [5, 5.41) is 0. The van der Waals surface area contributed by atoms with Gasteiger partial charge in [0, 0.05) is 0 Å². The zero-order valence-electron chi connectivity index (χ0n) is 14.6. The molecule has 2 aromatic carbocycles. The number of hydrogen-bond acceptors (Lipinski definition) is 6. The Kier molecular flexibility index (Phi) is 7.37. The highest BCUT2D eigenvalue weighted by atomic mass is 32.2. The maximum absolute atomic E-state index is 12.4. The molecule has 1 N–H and O–H groups in total. The number of para-hydroxylation sites is 1. The van der Waals surface area contributed by atoms with Crippen LogP contribution in [0.5, 0.6) is 11.5 Å². The molecule has 2 aromatic rings. The summed E-state index contributed by atoms with van der Waals surface area (Å²) < 4.78 is 55.1. The Labute approximate surface area is 153 Å². The Balaban J connectivity index is 2.05. The minimum absolute atomic E-state index is 0.0254. The van der Waals surface area contributed by atoms with Crippen molar-refractivity contribution in [3.8, 4) is 11.5 Å². The molecular weight excluding hydrogens is 377 g/mol. The smallest absolute Gasteiger partial charge is 0.345 e. The number of sulfonamides is 1. The quantitative estimate of drug-likeness (QED) is 0.608. The highest BCUT2D eigenvalue weighted by Gasteiger charge is 2.27. The largest absolute Gasteiger partial charge is 0.457 e. The van der Waals surface area contributed by atoms with Crippen molar-refractivity contribution in [2.45, 2.75) is 18.7 Å². The van der Waals surface area contributed by atoms with E-state index in [9.17, 15) is 13.0 Å². The molecule has 0 radical (unpaired) electrons. The van der Waals surface area contributed by atoms with Gasteiger partial charge in [0.15, 0.2) is 0 Å². The topological polar surface area (TPSA) is 90.9 Å². The summed E-state index contributed by atoms with van der Waals surface area (Å²) >= 11 is 0. The Morgan fingerprint density at radius 1 is 0.885 bits per heavy atom. The number of nitrogens with one attached hydrogen (secondary N) is 1. The van der Waals surface area contributed by atoms with Crippen LogP contribution in [0.2, 0.25) is 0 Å². The van der Waals surface area contributed by atoms with Crippen molar-refractivity contribution in [1.82, 2.24) is 4.72 Å². The normalized spacial score (nSPS) is 12.1. The van der Waals surface area contributed by atoms with Gasteiger partial charge < -0.3 is 13.8 Å². The number of hydrogen-bond donors (Lipinski definition) is 1. The van der Waals surface area contributed by atoms with Gasteiger partial charge in [-0.1, -0.05) is 18.2 Å². The summed E-state index contributed by atoms with van der Waals surface area (Å²) in [7, 11) is -7.36. The van der Waals surface area contributed by atoms with Crippen LogP contribution in [0, 0.1) is 0 Å². The van der Waals surface area contributed by atoms with Gasteiger partial charge in [-0.25, -0.2) is 8.42 Å². The van der Waals surface area contributed by atoms with E-state index in [-0.39, 0.29) is 18.1 Å². The van der Waals surface area contributed by atoms with Crippen LogP contribution in [0.1, 0.15) is 13.8 Å². The fraction of sp³-hybridized carbons (Fsp3) is 0.294. The van der Waals surface area contributed by atoms with E-state index >= 15 is 0 Å². The second-order valence-electron chi connectivity index (χ2n) is 5.14. The lowest BCUT2D eigenvalue weighted by molar-refractivity contribution is 0.219. The molecule has 142 valence electrons. The number of ether oxygens (including phenoxy) is 1. The fourth-order valence-corrected chi connectivity index (χ4v) is 5.10. The van der Waals surface area contributed by atoms with Crippen LogP contribution < -0.4 is 9.46 Å². The van der Waals surface area contributed by atoms with E-state index in [4.69, 9.17) is 13.8 Å². The zero-order chi connectivity index (χ0) is 19.0. The van der Waals surface area contributed by atoms with Crippen LogP contribution in [0.3, 0.4) is 0 Å². The third-order valence-corrected chi connectivity index (χ3v) is 6.69. The van der Waals surface area contributed by atoms with Crippen LogP contribution >= 0.6 is 7.60 Å². The van der Waals surface area contributed by atoms with Gasteiger partial charge in [0.05, 0.1) is 18.1 Å². The molecule has 0 saturated carbocycles. The molecule has 0 unspecified atom stereocenters. The van der Waals surface area contributed by atoms with E-state index < -0.39 is 23.9 Å². The molecule has 26 heavy (non-hydrogen) atoms. The second-order valence-corrected chi connectivity index (χ2v) is 8.96. The van der Waals surface area contributed by atoms with Crippen LogP contribution in [0.4, 0.5) is 0 Å². The number of rotatable bonds is 10. The highest BCUT2D eigenvalue weighted by molar-refractivity contribution is 7.89. The average Bonchev–Trinajstić information content (AvgIpc) is 2.62. The van der Waals surface area contributed by atoms with Crippen molar-refractivity contribution in [2.24, 2.45) is 0 Å².